The molecule has 0 saturated heterocycles. The molecule has 2 atom stereocenters. The zero-order valence-electron chi connectivity index (χ0n) is 12.9. The van der Waals surface area contributed by atoms with Crippen molar-refractivity contribution in [3.63, 3.8) is 0 Å². The molecule has 124 valence electrons. The monoisotopic (exact) mass is 323 g/mol. The number of rotatable bonds is 6. The Bertz CT molecular complexity index is 679. The molecule has 0 bridgehead atoms. The van der Waals surface area contributed by atoms with Gasteiger partial charge >= 0.3 is 0 Å². The van der Waals surface area contributed by atoms with Crippen LogP contribution in [0, 0.1) is 11.6 Å². The molecular formula is C17H19F2NO3. The van der Waals surface area contributed by atoms with E-state index in [4.69, 9.17) is 4.74 Å². The van der Waals surface area contributed by atoms with Crippen molar-refractivity contribution < 1.29 is 23.7 Å². The molecule has 0 aliphatic heterocycles. The standard InChI is InChI=1S/C17H19F2NO3/c1-10(16(21)11-6-7-13(18)14(19)8-11)20-9-12-4-3-5-15(23-2)17(12)22/h3-8,10,16,20-22H,9H2,1-2H3. The Labute approximate surface area is 133 Å². The molecule has 0 aromatic heterocycles. The molecule has 0 amide bonds. The Morgan fingerprint density at radius 3 is 2.57 bits per heavy atom. The highest BCUT2D eigenvalue weighted by atomic mass is 19.2. The highest BCUT2D eigenvalue weighted by molar-refractivity contribution is 5.45. The van der Waals surface area contributed by atoms with Gasteiger partial charge in [0.2, 0.25) is 0 Å². The summed E-state index contributed by atoms with van der Waals surface area (Å²) >= 11 is 0. The van der Waals surface area contributed by atoms with Gasteiger partial charge in [0, 0.05) is 18.2 Å². The van der Waals surface area contributed by atoms with Gasteiger partial charge in [0.25, 0.3) is 0 Å². The van der Waals surface area contributed by atoms with Gasteiger partial charge in [0.05, 0.1) is 13.2 Å². The van der Waals surface area contributed by atoms with Crippen molar-refractivity contribution in [2.24, 2.45) is 0 Å². The van der Waals surface area contributed by atoms with Gasteiger partial charge in [-0.05, 0) is 30.7 Å². The topological polar surface area (TPSA) is 61.7 Å². The number of halogens is 2. The summed E-state index contributed by atoms with van der Waals surface area (Å²) in [4.78, 5) is 0. The molecule has 0 fully saturated rings. The van der Waals surface area contributed by atoms with Crippen molar-refractivity contribution in [3.05, 3.63) is 59.2 Å². The minimum atomic E-state index is -1.02. The fraction of sp³-hybridized carbons (Fsp3) is 0.294. The van der Waals surface area contributed by atoms with Crippen LogP contribution in [0.15, 0.2) is 36.4 Å². The summed E-state index contributed by atoms with van der Waals surface area (Å²) in [5.41, 5.74) is 0.882. The lowest BCUT2D eigenvalue weighted by Crippen LogP contribution is -2.31. The molecule has 0 radical (unpaired) electrons. The van der Waals surface area contributed by atoms with Gasteiger partial charge in [-0.25, -0.2) is 8.78 Å². The summed E-state index contributed by atoms with van der Waals surface area (Å²) in [5.74, 6) is -1.57. The fourth-order valence-electron chi connectivity index (χ4n) is 2.24. The predicted octanol–water partition coefficient (Wildman–Crippen LogP) is 2.89. The molecule has 2 aromatic carbocycles. The number of hydrogen-bond acceptors (Lipinski definition) is 4. The number of ether oxygens (including phenoxy) is 1. The summed E-state index contributed by atoms with van der Waals surface area (Å²) in [6.07, 6.45) is -1.02. The van der Waals surface area contributed by atoms with E-state index in [1.807, 2.05) is 0 Å². The third kappa shape index (κ3) is 3.97. The first kappa shape index (κ1) is 17.2. The zero-order chi connectivity index (χ0) is 17.0. The first-order valence-corrected chi connectivity index (χ1v) is 7.15. The normalized spacial score (nSPS) is 13.6. The van der Waals surface area contributed by atoms with E-state index < -0.39 is 23.8 Å². The second kappa shape index (κ2) is 7.39. The highest BCUT2D eigenvalue weighted by Crippen LogP contribution is 2.29. The highest BCUT2D eigenvalue weighted by Gasteiger charge is 2.18. The summed E-state index contributed by atoms with van der Waals surface area (Å²) in [7, 11) is 1.46. The number of methoxy groups -OCH3 is 1. The number of phenols is 1. The molecule has 2 unspecified atom stereocenters. The number of para-hydroxylation sites is 1. The van der Waals surface area contributed by atoms with Gasteiger partial charge in [-0.15, -0.1) is 0 Å². The van der Waals surface area contributed by atoms with Gasteiger partial charge in [0.1, 0.15) is 0 Å². The summed E-state index contributed by atoms with van der Waals surface area (Å²) in [6.45, 7) is 1.99. The average Bonchev–Trinajstić information content (AvgIpc) is 2.55. The van der Waals surface area contributed by atoms with Crippen LogP contribution in [-0.2, 0) is 6.54 Å². The first-order valence-electron chi connectivity index (χ1n) is 7.15. The number of aliphatic hydroxyl groups is 1. The number of aliphatic hydroxyl groups excluding tert-OH is 1. The van der Waals surface area contributed by atoms with Crippen molar-refractivity contribution in [1.82, 2.24) is 5.32 Å². The Hall–Kier alpha value is -2.18. The summed E-state index contributed by atoms with van der Waals surface area (Å²) in [6, 6.07) is 7.96. The van der Waals surface area contributed by atoms with E-state index in [1.165, 1.54) is 13.2 Å². The maximum Gasteiger partial charge on any atom is 0.162 e. The van der Waals surface area contributed by atoms with E-state index in [-0.39, 0.29) is 17.9 Å². The van der Waals surface area contributed by atoms with E-state index >= 15 is 0 Å². The molecule has 3 N–H and O–H groups in total. The Morgan fingerprint density at radius 1 is 1.17 bits per heavy atom. The molecule has 4 nitrogen and oxygen atoms in total. The van der Waals surface area contributed by atoms with Gasteiger partial charge in [0.15, 0.2) is 23.1 Å². The molecular weight excluding hydrogens is 304 g/mol. The van der Waals surface area contributed by atoms with Crippen molar-refractivity contribution in [3.8, 4) is 11.5 Å². The molecule has 23 heavy (non-hydrogen) atoms. The molecule has 0 aliphatic carbocycles. The van der Waals surface area contributed by atoms with Crippen LogP contribution >= 0.6 is 0 Å². The maximum atomic E-state index is 13.2. The number of phenolic OH excluding ortho intramolecular Hbond substituents is 1. The van der Waals surface area contributed by atoms with Gasteiger partial charge in [-0.3, -0.25) is 0 Å². The van der Waals surface area contributed by atoms with E-state index in [2.05, 4.69) is 5.32 Å². The number of benzene rings is 2. The minimum Gasteiger partial charge on any atom is -0.504 e. The van der Waals surface area contributed by atoms with Crippen LogP contribution in [0.5, 0.6) is 11.5 Å². The fourth-order valence-corrected chi connectivity index (χ4v) is 2.24. The largest absolute Gasteiger partial charge is 0.504 e. The summed E-state index contributed by atoms with van der Waals surface area (Å²) < 4.78 is 31.2. The molecule has 0 spiro atoms. The van der Waals surface area contributed by atoms with Crippen LogP contribution in [0.25, 0.3) is 0 Å². The molecule has 6 heteroatoms. The Kier molecular flexibility index (Phi) is 5.52. The number of hydrogen-bond donors (Lipinski definition) is 3. The Balaban J connectivity index is 2.04. The van der Waals surface area contributed by atoms with E-state index in [0.29, 0.717) is 11.3 Å². The van der Waals surface area contributed by atoms with Crippen molar-refractivity contribution in [2.45, 2.75) is 25.6 Å². The molecule has 2 rings (SSSR count). The second-order valence-corrected chi connectivity index (χ2v) is 5.26. The van der Waals surface area contributed by atoms with Gasteiger partial charge in [-0.2, -0.15) is 0 Å². The van der Waals surface area contributed by atoms with Crippen LogP contribution < -0.4 is 10.1 Å². The SMILES string of the molecule is COc1cccc(CNC(C)C(O)c2ccc(F)c(F)c2)c1O. The lowest BCUT2D eigenvalue weighted by molar-refractivity contribution is 0.134. The van der Waals surface area contributed by atoms with E-state index in [0.717, 1.165) is 12.1 Å². The van der Waals surface area contributed by atoms with Crippen molar-refractivity contribution in [1.29, 1.82) is 0 Å². The van der Waals surface area contributed by atoms with Crippen LogP contribution in [0.4, 0.5) is 8.78 Å². The van der Waals surface area contributed by atoms with Crippen LogP contribution in [-0.4, -0.2) is 23.4 Å². The van der Waals surface area contributed by atoms with Crippen molar-refractivity contribution >= 4 is 0 Å². The lowest BCUT2D eigenvalue weighted by Gasteiger charge is -2.21. The number of nitrogens with one attached hydrogen (secondary N) is 1. The molecule has 0 heterocycles. The average molecular weight is 323 g/mol. The van der Waals surface area contributed by atoms with Crippen LogP contribution in [0.3, 0.4) is 0 Å². The molecule has 0 saturated carbocycles. The van der Waals surface area contributed by atoms with Gasteiger partial charge in [-0.1, -0.05) is 18.2 Å². The van der Waals surface area contributed by atoms with Crippen LogP contribution in [0.2, 0.25) is 0 Å². The first-order chi connectivity index (χ1) is 10.9. The Morgan fingerprint density at radius 2 is 1.91 bits per heavy atom. The third-order valence-electron chi connectivity index (χ3n) is 3.68. The van der Waals surface area contributed by atoms with Gasteiger partial charge < -0.3 is 20.3 Å². The smallest absolute Gasteiger partial charge is 0.162 e. The van der Waals surface area contributed by atoms with E-state index in [1.54, 1.807) is 25.1 Å². The predicted molar refractivity (Wildman–Crippen MR) is 82.3 cm³/mol. The lowest BCUT2D eigenvalue weighted by atomic mass is 10.0. The molecule has 2 aromatic rings. The van der Waals surface area contributed by atoms with E-state index in [9.17, 15) is 19.0 Å². The number of aromatic hydroxyl groups is 1. The molecule has 0 aliphatic rings. The summed E-state index contributed by atoms with van der Waals surface area (Å²) in [5, 5.41) is 23.3. The van der Waals surface area contributed by atoms with Crippen LogP contribution in [0.1, 0.15) is 24.2 Å². The van der Waals surface area contributed by atoms with Crippen molar-refractivity contribution in [2.75, 3.05) is 7.11 Å². The quantitative estimate of drug-likeness (QED) is 0.765. The second-order valence-electron chi connectivity index (χ2n) is 5.26. The minimum absolute atomic E-state index is 0.0250. The maximum absolute atomic E-state index is 13.2. The third-order valence-corrected chi connectivity index (χ3v) is 3.68. The zero-order valence-corrected chi connectivity index (χ0v) is 12.9.